The molecule has 0 unspecified atom stereocenters. The molecule has 21 N–H and O–H groups in total. The van der Waals surface area contributed by atoms with E-state index in [0.717, 1.165) is 0 Å². The maximum absolute atomic E-state index is 13.9. The Balaban J connectivity index is 6.44. The molecule has 440 valence electrons. The molecular weight excluding hydrogens is 1060 g/mol. The van der Waals surface area contributed by atoms with Gasteiger partial charge in [-0.2, -0.15) is 12.6 Å². The lowest BCUT2D eigenvalue weighted by Gasteiger charge is -2.29. The molecule has 32 nitrogen and oxygen atoms in total. The van der Waals surface area contributed by atoms with Gasteiger partial charge in [0.15, 0.2) is 5.96 Å². The quantitative estimate of drug-likeness (QED) is 0.0118. The molecule has 0 radical (unpaired) electrons. The Kier molecular flexibility index (Phi) is 31.9. The van der Waals surface area contributed by atoms with Crippen LogP contribution >= 0.6 is 12.6 Å². The number of amides is 10. The van der Waals surface area contributed by atoms with Gasteiger partial charge < -0.3 is 91.2 Å². The summed E-state index contributed by atoms with van der Waals surface area (Å²) in [5.74, 6) is -19.5. The van der Waals surface area contributed by atoms with E-state index in [0.29, 0.717) is 6.42 Å². The van der Waals surface area contributed by atoms with Crippen LogP contribution in [0, 0.1) is 17.8 Å². The Bertz CT molecular complexity index is 2200. The normalized spacial score (nSPS) is 15.1. The minimum atomic E-state index is -1.98. The molecule has 0 aromatic heterocycles. The number of nitrogens with two attached hydrogens (primary N) is 4. The standard InChI is InChI=1S/C45H76N14O18S/c1-7-20(5)33(47)41(73)54-24(14-30(62)63)40(72)57-27(18-78)36(68)51-17-29(61)58-35(21(6)8-2)43(75)53-23(11-12-28(46)60)38(70)59-34(19(3)4)42(74)55-25(15-31(64)65)39(71)52-22(10-9-13-50-45(48)49)37(69)56-26(44(76)77)16-32(66)67/h19-27,33-35,78H,7-18,47H2,1-6H3,(H2,46,60)(H,51,68)(H,52,71)(H,53,75)(H,54,73)(H,55,74)(H,56,69)(H,57,72)(H,58,61)(H,59,70)(H,62,63)(H,64,65)(H,66,67)(H,76,77)(H4,48,49,50)/t20-,21-,22-,23-,24-,25-,26-,27-,33-,34-,35-/m0/s1. The van der Waals surface area contributed by atoms with Gasteiger partial charge in [-0.25, -0.2) is 4.79 Å². The first kappa shape index (κ1) is 70.2. The molecule has 0 aliphatic heterocycles. The molecule has 0 fully saturated rings. The number of thiol groups is 1. The van der Waals surface area contributed by atoms with Crippen LogP contribution in [0.5, 0.6) is 0 Å². The van der Waals surface area contributed by atoms with Gasteiger partial charge in [-0.15, -0.1) is 0 Å². The summed E-state index contributed by atoms with van der Waals surface area (Å²) in [4.78, 5) is 183. The van der Waals surface area contributed by atoms with Gasteiger partial charge in [0.25, 0.3) is 0 Å². The van der Waals surface area contributed by atoms with E-state index in [-0.39, 0.29) is 43.4 Å². The number of carboxylic acids is 4. The average Bonchev–Trinajstić information content (AvgIpc) is 3.35. The summed E-state index contributed by atoms with van der Waals surface area (Å²) < 4.78 is 0. The van der Waals surface area contributed by atoms with Gasteiger partial charge in [0.1, 0.15) is 48.3 Å². The van der Waals surface area contributed by atoms with Gasteiger partial charge in [0.05, 0.1) is 31.8 Å². The summed E-state index contributed by atoms with van der Waals surface area (Å²) in [7, 11) is 0. The summed E-state index contributed by atoms with van der Waals surface area (Å²) in [5.41, 5.74) is 21.9. The van der Waals surface area contributed by atoms with Crippen LogP contribution in [0.2, 0.25) is 0 Å². The zero-order chi connectivity index (χ0) is 60.1. The third kappa shape index (κ3) is 26.8. The van der Waals surface area contributed by atoms with Gasteiger partial charge in [-0.1, -0.05) is 54.4 Å². The van der Waals surface area contributed by atoms with Crippen molar-refractivity contribution in [1.29, 1.82) is 0 Å². The molecule has 0 aliphatic rings. The van der Waals surface area contributed by atoms with E-state index in [1.165, 1.54) is 13.8 Å². The lowest BCUT2D eigenvalue weighted by Crippen LogP contribution is -2.61. The zero-order valence-electron chi connectivity index (χ0n) is 44.1. The molecular formula is C45H76N14O18S. The minimum Gasteiger partial charge on any atom is -0.481 e. The maximum atomic E-state index is 13.9. The number of hydrogen-bond donors (Lipinski definition) is 18. The fourth-order valence-electron chi connectivity index (χ4n) is 6.79. The lowest BCUT2D eigenvalue weighted by molar-refractivity contribution is -0.147. The molecule has 33 heteroatoms. The monoisotopic (exact) mass is 1130 g/mol. The van der Waals surface area contributed by atoms with Crippen LogP contribution in [0.3, 0.4) is 0 Å². The van der Waals surface area contributed by atoms with Crippen molar-refractivity contribution in [2.24, 2.45) is 45.7 Å². The Hall–Kier alpha value is -7.84. The van der Waals surface area contributed by atoms with Crippen LogP contribution < -0.4 is 70.8 Å². The first-order valence-corrected chi connectivity index (χ1v) is 25.2. The van der Waals surface area contributed by atoms with Crippen molar-refractivity contribution in [3.63, 3.8) is 0 Å². The van der Waals surface area contributed by atoms with Crippen molar-refractivity contribution >= 4 is 102 Å². The number of aliphatic carboxylic acids is 4. The highest BCUT2D eigenvalue weighted by Gasteiger charge is 2.37. The number of hydrogen-bond acceptors (Lipinski definition) is 17. The second-order valence-electron chi connectivity index (χ2n) is 18.4. The molecule has 0 aromatic carbocycles. The Morgan fingerprint density at radius 3 is 1.38 bits per heavy atom. The van der Waals surface area contributed by atoms with E-state index >= 15 is 0 Å². The highest BCUT2D eigenvalue weighted by molar-refractivity contribution is 7.80. The number of carboxylic acid groups (broad SMARTS) is 4. The third-order valence-electron chi connectivity index (χ3n) is 11.8. The molecule has 0 saturated heterocycles. The molecule has 10 amide bonds. The SMILES string of the molecule is CC[C@H](C)[C@H](N)C(=O)N[C@@H](CC(=O)O)C(=O)N[C@@H](CS)C(=O)NCC(=O)N[C@H](C(=O)N[C@@H](CCC(N)=O)C(=O)N[C@H](C(=O)N[C@@H](CC(=O)O)C(=O)N[C@@H](CCCN=C(N)N)C(=O)N[C@@H](CC(=O)O)C(=O)O)C(C)C)[C@@H](C)CC. The number of carbonyl (C=O) groups excluding carboxylic acids is 10. The van der Waals surface area contributed by atoms with Crippen LogP contribution in [0.15, 0.2) is 4.99 Å². The van der Waals surface area contributed by atoms with Crippen molar-refractivity contribution in [1.82, 2.24) is 47.9 Å². The number of nitrogens with zero attached hydrogens (tertiary/aromatic N) is 1. The lowest BCUT2D eigenvalue weighted by atomic mass is 9.97. The summed E-state index contributed by atoms with van der Waals surface area (Å²) in [6, 6.07) is -14.5. The number of rotatable bonds is 38. The summed E-state index contributed by atoms with van der Waals surface area (Å²) >= 11 is 4.06. The highest BCUT2D eigenvalue weighted by Crippen LogP contribution is 2.12. The molecule has 0 rings (SSSR count). The van der Waals surface area contributed by atoms with Gasteiger partial charge in [-0.3, -0.25) is 67.3 Å². The highest BCUT2D eigenvalue weighted by atomic mass is 32.1. The van der Waals surface area contributed by atoms with E-state index in [9.17, 15) is 82.4 Å². The molecule has 0 bridgehead atoms. The molecule has 78 heavy (non-hydrogen) atoms. The van der Waals surface area contributed by atoms with Gasteiger partial charge in [0, 0.05) is 18.7 Å². The van der Waals surface area contributed by atoms with Crippen molar-refractivity contribution < 1.29 is 87.5 Å². The molecule has 0 saturated carbocycles. The fourth-order valence-corrected chi connectivity index (χ4v) is 7.05. The number of guanidine groups is 1. The number of primary amides is 1. The van der Waals surface area contributed by atoms with Gasteiger partial charge >= 0.3 is 23.9 Å². The first-order valence-electron chi connectivity index (χ1n) is 24.6. The molecule has 11 atom stereocenters. The predicted octanol–water partition coefficient (Wildman–Crippen LogP) is -6.19. The van der Waals surface area contributed by atoms with Crippen LogP contribution in [-0.4, -0.2) is 183 Å². The van der Waals surface area contributed by atoms with Crippen LogP contribution in [0.25, 0.3) is 0 Å². The number of nitrogens with one attached hydrogen (secondary N) is 9. The molecule has 0 aliphatic carbocycles. The average molecular weight is 1130 g/mol. The van der Waals surface area contributed by atoms with E-state index in [1.54, 1.807) is 27.7 Å². The number of aliphatic imine (C=N–C) groups is 1. The molecule has 0 aromatic rings. The van der Waals surface area contributed by atoms with Gasteiger partial charge in [0.2, 0.25) is 59.1 Å². The molecule has 0 spiro atoms. The number of carbonyl (C=O) groups is 14. The van der Waals surface area contributed by atoms with Crippen LogP contribution in [0.4, 0.5) is 0 Å². The summed E-state index contributed by atoms with van der Waals surface area (Å²) in [5, 5.41) is 58.1. The minimum absolute atomic E-state index is 0.0413. The maximum Gasteiger partial charge on any atom is 0.326 e. The first-order chi connectivity index (χ1) is 36.3. The van der Waals surface area contributed by atoms with Crippen molar-refractivity contribution in [2.45, 2.75) is 154 Å². The smallest absolute Gasteiger partial charge is 0.326 e. The topological polar surface area (TPSA) is 545 Å². The summed E-state index contributed by atoms with van der Waals surface area (Å²) in [6.45, 7) is 8.59. The van der Waals surface area contributed by atoms with Crippen molar-refractivity contribution in [3.8, 4) is 0 Å². The largest absolute Gasteiger partial charge is 0.481 e. The predicted molar refractivity (Wildman–Crippen MR) is 277 cm³/mol. The Morgan fingerprint density at radius 1 is 0.500 bits per heavy atom. The zero-order valence-corrected chi connectivity index (χ0v) is 45.0. The van der Waals surface area contributed by atoms with E-state index in [2.05, 4.69) is 60.2 Å². The second-order valence-corrected chi connectivity index (χ2v) is 18.8. The second kappa shape index (κ2) is 35.5. The van der Waals surface area contributed by atoms with Crippen LogP contribution in [0.1, 0.15) is 99.3 Å². The van der Waals surface area contributed by atoms with Crippen molar-refractivity contribution in [2.75, 3.05) is 18.8 Å². The fraction of sp³-hybridized carbons (Fsp3) is 0.667. The summed E-state index contributed by atoms with van der Waals surface area (Å²) in [6.07, 6.45) is -3.66. The van der Waals surface area contributed by atoms with E-state index in [1.807, 2.05) is 5.32 Å². The Labute approximate surface area is 454 Å². The Morgan fingerprint density at radius 2 is 0.923 bits per heavy atom. The van der Waals surface area contributed by atoms with E-state index < -0.39 is 188 Å². The third-order valence-corrected chi connectivity index (χ3v) is 12.1. The van der Waals surface area contributed by atoms with Gasteiger partial charge in [-0.05, 0) is 37.0 Å². The molecule has 0 heterocycles. The van der Waals surface area contributed by atoms with Crippen molar-refractivity contribution in [3.05, 3.63) is 0 Å². The van der Waals surface area contributed by atoms with E-state index in [4.69, 9.17) is 28.0 Å². The van der Waals surface area contributed by atoms with Crippen LogP contribution in [-0.2, 0) is 67.1 Å².